The molecule has 0 fully saturated rings. The maximum absolute atomic E-state index is 13.3. The second kappa shape index (κ2) is 8.11. The van der Waals surface area contributed by atoms with Crippen LogP contribution in [0.2, 0.25) is 5.02 Å². The first-order chi connectivity index (χ1) is 14.9. The number of nitrogens with zero attached hydrogens (tertiary/aromatic N) is 5. The lowest BCUT2D eigenvalue weighted by molar-refractivity contribution is -0.118. The van der Waals surface area contributed by atoms with Crippen LogP contribution in [0.15, 0.2) is 47.7 Å². The quantitative estimate of drug-likeness (QED) is 0.492. The van der Waals surface area contributed by atoms with Gasteiger partial charge in [0.25, 0.3) is 5.56 Å². The number of carbonyl (C=O) groups is 1. The molecular formula is C21H18ClN7O2. The Labute approximate surface area is 182 Å². The average molecular weight is 436 g/mol. The Morgan fingerprint density at radius 1 is 1.16 bits per heavy atom. The SMILES string of the molecule is CNc1ncc2cc(-c3ccc(-c4cncc(C)n4)cc3Cl)c(=O)n(CC(N)=O)c2n1. The minimum atomic E-state index is -0.662. The van der Waals surface area contributed by atoms with Gasteiger partial charge < -0.3 is 11.1 Å². The molecule has 10 heteroatoms. The van der Waals surface area contributed by atoms with Crippen LogP contribution in [0.25, 0.3) is 33.4 Å². The molecule has 0 radical (unpaired) electrons. The molecule has 0 aliphatic heterocycles. The maximum Gasteiger partial charge on any atom is 0.260 e. The van der Waals surface area contributed by atoms with Crippen LogP contribution in [0.1, 0.15) is 5.69 Å². The van der Waals surface area contributed by atoms with E-state index in [2.05, 4.69) is 25.3 Å². The Hall–Kier alpha value is -3.85. The topological polar surface area (TPSA) is 129 Å². The molecular weight excluding hydrogens is 418 g/mol. The Balaban J connectivity index is 1.90. The number of nitrogens with two attached hydrogens (primary N) is 1. The van der Waals surface area contributed by atoms with E-state index in [0.29, 0.717) is 38.8 Å². The summed E-state index contributed by atoms with van der Waals surface area (Å²) < 4.78 is 1.23. The van der Waals surface area contributed by atoms with Gasteiger partial charge in [0.2, 0.25) is 11.9 Å². The summed E-state index contributed by atoms with van der Waals surface area (Å²) in [5.74, 6) is -0.343. The van der Waals surface area contributed by atoms with Crippen molar-refractivity contribution < 1.29 is 4.79 Å². The number of hydrogen-bond acceptors (Lipinski definition) is 7. The van der Waals surface area contributed by atoms with Gasteiger partial charge in [0.1, 0.15) is 12.2 Å². The molecule has 0 atom stereocenters. The van der Waals surface area contributed by atoms with E-state index in [1.54, 1.807) is 43.8 Å². The van der Waals surface area contributed by atoms with Gasteiger partial charge in [-0.05, 0) is 19.1 Å². The summed E-state index contributed by atoms with van der Waals surface area (Å²) in [7, 11) is 1.66. The van der Waals surface area contributed by atoms with Crippen LogP contribution < -0.4 is 16.6 Å². The normalized spacial score (nSPS) is 10.9. The Bertz CT molecular complexity index is 1380. The van der Waals surface area contributed by atoms with E-state index in [4.69, 9.17) is 17.3 Å². The van der Waals surface area contributed by atoms with Crippen LogP contribution in [0, 0.1) is 6.92 Å². The smallest absolute Gasteiger partial charge is 0.260 e. The molecule has 0 bridgehead atoms. The number of aromatic nitrogens is 5. The summed E-state index contributed by atoms with van der Waals surface area (Å²) in [5.41, 5.74) is 8.28. The second-order valence-electron chi connectivity index (χ2n) is 6.88. The molecule has 31 heavy (non-hydrogen) atoms. The van der Waals surface area contributed by atoms with Crippen molar-refractivity contribution in [1.82, 2.24) is 24.5 Å². The highest BCUT2D eigenvalue weighted by molar-refractivity contribution is 6.33. The number of hydrogen-bond donors (Lipinski definition) is 2. The van der Waals surface area contributed by atoms with E-state index >= 15 is 0 Å². The average Bonchev–Trinajstić information content (AvgIpc) is 2.75. The van der Waals surface area contributed by atoms with E-state index in [9.17, 15) is 9.59 Å². The fourth-order valence-electron chi connectivity index (χ4n) is 3.27. The molecule has 4 rings (SSSR count). The number of aryl methyl sites for hydroxylation is 1. The molecule has 4 aromatic rings. The lowest BCUT2D eigenvalue weighted by Gasteiger charge is -2.13. The lowest BCUT2D eigenvalue weighted by atomic mass is 10.0. The Morgan fingerprint density at radius 3 is 2.65 bits per heavy atom. The highest BCUT2D eigenvalue weighted by Gasteiger charge is 2.17. The first-order valence-electron chi connectivity index (χ1n) is 9.33. The highest BCUT2D eigenvalue weighted by atomic mass is 35.5. The van der Waals surface area contributed by atoms with Crippen molar-refractivity contribution in [1.29, 1.82) is 0 Å². The van der Waals surface area contributed by atoms with Crippen LogP contribution >= 0.6 is 11.6 Å². The van der Waals surface area contributed by atoms with Crippen LogP contribution in [0.4, 0.5) is 5.95 Å². The molecule has 1 aromatic carbocycles. The van der Waals surface area contributed by atoms with Crippen molar-refractivity contribution in [3.05, 3.63) is 63.9 Å². The molecule has 3 N–H and O–H groups in total. The first-order valence-corrected chi connectivity index (χ1v) is 9.70. The third-order valence-corrected chi connectivity index (χ3v) is 4.99. The molecule has 0 aliphatic rings. The number of rotatable bonds is 5. The number of anilines is 1. The number of amides is 1. The second-order valence-corrected chi connectivity index (χ2v) is 7.29. The zero-order chi connectivity index (χ0) is 22.1. The number of primary amides is 1. The standard InChI is InChI=1S/C21H18ClN7O2/c1-11-7-25-9-17(27-11)12-3-4-14(16(22)6-12)15-5-13-8-26-21(24-2)28-19(13)29(20(15)31)10-18(23)30/h3-9H,10H2,1-2H3,(H2,23,30)(H,24,26,28). The molecule has 0 saturated carbocycles. The fraction of sp³-hybridized carbons (Fsp3) is 0.143. The third kappa shape index (κ3) is 3.95. The van der Waals surface area contributed by atoms with Crippen molar-refractivity contribution in [3.63, 3.8) is 0 Å². The maximum atomic E-state index is 13.3. The molecule has 156 valence electrons. The van der Waals surface area contributed by atoms with Gasteiger partial charge in [-0.2, -0.15) is 4.98 Å². The summed E-state index contributed by atoms with van der Waals surface area (Å²) in [5, 5.41) is 3.74. The zero-order valence-corrected chi connectivity index (χ0v) is 17.5. The van der Waals surface area contributed by atoms with Crippen molar-refractivity contribution in [2.75, 3.05) is 12.4 Å². The van der Waals surface area contributed by atoms with Crippen molar-refractivity contribution in [3.8, 4) is 22.4 Å². The van der Waals surface area contributed by atoms with E-state index in [1.165, 1.54) is 4.57 Å². The Kier molecular flexibility index (Phi) is 5.35. The summed E-state index contributed by atoms with van der Waals surface area (Å²) in [6.45, 7) is 1.53. The lowest BCUT2D eigenvalue weighted by Crippen LogP contribution is -2.29. The molecule has 3 heterocycles. The van der Waals surface area contributed by atoms with Crippen LogP contribution in [-0.4, -0.2) is 37.5 Å². The van der Waals surface area contributed by atoms with Crippen molar-refractivity contribution in [2.24, 2.45) is 5.73 Å². The van der Waals surface area contributed by atoms with Gasteiger partial charge in [-0.3, -0.25) is 19.1 Å². The van der Waals surface area contributed by atoms with Gasteiger partial charge in [0.15, 0.2) is 0 Å². The van der Waals surface area contributed by atoms with Gasteiger partial charge in [0, 0.05) is 46.5 Å². The number of carbonyl (C=O) groups excluding carboxylic acids is 1. The number of halogens is 1. The number of pyridine rings is 1. The number of benzene rings is 1. The predicted molar refractivity (Wildman–Crippen MR) is 119 cm³/mol. The minimum Gasteiger partial charge on any atom is -0.368 e. The summed E-state index contributed by atoms with van der Waals surface area (Å²) in [4.78, 5) is 42.0. The van der Waals surface area contributed by atoms with Crippen LogP contribution in [0.3, 0.4) is 0 Å². The monoisotopic (exact) mass is 435 g/mol. The van der Waals surface area contributed by atoms with Crippen molar-refractivity contribution >= 4 is 34.5 Å². The third-order valence-electron chi connectivity index (χ3n) is 4.67. The summed E-state index contributed by atoms with van der Waals surface area (Å²) in [6, 6.07) is 6.93. The van der Waals surface area contributed by atoms with Gasteiger partial charge >= 0.3 is 0 Å². The predicted octanol–water partition coefficient (Wildman–Crippen LogP) is 2.40. The van der Waals surface area contributed by atoms with Gasteiger partial charge in [-0.15, -0.1) is 0 Å². The van der Waals surface area contributed by atoms with Gasteiger partial charge in [0.05, 0.1) is 17.6 Å². The van der Waals surface area contributed by atoms with E-state index in [-0.39, 0.29) is 6.54 Å². The summed E-state index contributed by atoms with van der Waals surface area (Å²) in [6.07, 6.45) is 4.88. The fourth-order valence-corrected chi connectivity index (χ4v) is 3.55. The van der Waals surface area contributed by atoms with E-state index in [1.807, 2.05) is 13.0 Å². The Morgan fingerprint density at radius 2 is 1.97 bits per heavy atom. The molecule has 0 spiro atoms. The van der Waals surface area contributed by atoms with Gasteiger partial charge in [-0.25, -0.2) is 9.97 Å². The number of fused-ring (bicyclic) bond motifs is 1. The van der Waals surface area contributed by atoms with Gasteiger partial charge in [-0.1, -0.05) is 23.7 Å². The summed E-state index contributed by atoms with van der Waals surface area (Å²) >= 11 is 6.55. The zero-order valence-electron chi connectivity index (χ0n) is 16.8. The van der Waals surface area contributed by atoms with Crippen LogP contribution in [0.5, 0.6) is 0 Å². The number of nitrogens with one attached hydrogen (secondary N) is 1. The van der Waals surface area contributed by atoms with E-state index in [0.717, 1.165) is 11.3 Å². The molecule has 0 saturated heterocycles. The van der Waals surface area contributed by atoms with E-state index < -0.39 is 11.5 Å². The van der Waals surface area contributed by atoms with Crippen LogP contribution in [-0.2, 0) is 11.3 Å². The minimum absolute atomic E-state index is 0.301. The molecule has 3 aromatic heterocycles. The van der Waals surface area contributed by atoms with Crippen molar-refractivity contribution in [2.45, 2.75) is 13.5 Å². The molecule has 0 aliphatic carbocycles. The molecule has 0 unspecified atom stereocenters. The highest BCUT2D eigenvalue weighted by Crippen LogP contribution is 2.31. The largest absolute Gasteiger partial charge is 0.368 e. The first kappa shape index (κ1) is 20.4. The molecule has 9 nitrogen and oxygen atoms in total. The molecule has 1 amide bonds.